The number of rotatable bonds is 5. The summed E-state index contributed by atoms with van der Waals surface area (Å²) in [6.07, 6.45) is 3.74. The summed E-state index contributed by atoms with van der Waals surface area (Å²) in [4.78, 5) is 30.5. The number of anilines is 1. The molecule has 32 heavy (non-hydrogen) atoms. The van der Waals surface area contributed by atoms with Crippen LogP contribution >= 0.6 is 0 Å². The first-order chi connectivity index (χ1) is 15.3. The van der Waals surface area contributed by atoms with E-state index in [1.807, 2.05) is 0 Å². The highest BCUT2D eigenvalue weighted by Gasteiger charge is 2.21. The fraction of sp³-hybridized carbons (Fsp3) is 0. The van der Waals surface area contributed by atoms with E-state index < -0.39 is 22.5 Å². The molecule has 160 valence electrons. The van der Waals surface area contributed by atoms with Crippen LogP contribution in [0.3, 0.4) is 0 Å². The van der Waals surface area contributed by atoms with Gasteiger partial charge in [0.15, 0.2) is 11.5 Å². The van der Waals surface area contributed by atoms with Crippen molar-refractivity contribution in [2.75, 3.05) is 5.32 Å². The smallest absolute Gasteiger partial charge is 0.337 e. The van der Waals surface area contributed by atoms with Gasteiger partial charge in [-0.1, -0.05) is 12.1 Å². The van der Waals surface area contributed by atoms with Crippen LogP contribution in [0.4, 0.5) is 20.2 Å². The Hall–Kier alpha value is -4.67. The van der Waals surface area contributed by atoms with Crippen molar-refractivity contribution < 1.29 is 28.9 Å². The first-order valence-corrected chi connectivity index (χ1v) is 9.10. The molecule has 0 fully saturated rings. The van der Waals surface area contributed by atoms with E-state index in [0.29, 0.717) is 10.3 Å². The van der Waals surface area contributed by atoms with Gasteiger partial charge < -0.3 is 10.5 Å². The molecular formula is C21H14F2N5O4+. The first-order valence-electron chi connectivity index (χ1n) is 9.10. The standard InChI is InChI=1S/C21H13F2N5O4/c22-13-4-1-12(2-5-13)3-8-19(29)25-14-6-7-16(17(23)9-14)21-26-20-18(27(21)30)10-15(11-24-20)28(31)32/h1-11,30H,(H-,24,25,26,29,31,32)/p+1/b8-3+. The Kier molecular flexibility index (Phi) is 5.29. The second kappa shape index (κ2) is 8.22. The summed E-state index contributed by atoms with van der Waals surface area (Å²) in [5, 5.41) is 21.8. The lowest BCUT2D eigenvalue weighted by Crippen LogP contribution is -2.08. The normalized spacial score (nSPS) is 11.2. The molecule has 11 heteroatoms. The highest BCUT2D eigenvalue weighted by molar-refractivity contribution is 6.02. The minimum absolute atomic E-state index is 0.0184. The predicted molar refractivity (Wildman–Crippen MR) is 109 cm³/mol. The van der Waals surface area contributed by atoms with Gasteiger partial charge in [0.25, 0.3) is 4.92 Å². The third kappa shape index (κ3) is 4.12. The molecule has 0 aliphatic heterocycles. The van der Waals surface area contributed by atoms with Crippen molar-refractivity contribution in [1.29, 1.82) is 0 Å². The van der Waals surface area contributed by atoms with Crippen molar-refractivity contribution >= 4 is 34.5 Å². The van der Waals surface area contributed by atoms with Gasteiger partial charge in [0, 0.05) is 11.8 Å². The maximum Gasteiger partial charge on any atom is 0.337 e. The number of benzene rings is 2. The summed E-state index contributed by atoms with van der Waals surface area (Å²) >= 11 is 0. The number of halogens is 2. The zero-order valence-corrected chi connectivity index (χ0v) is 16.1. The molecule has 2 aromatic heterocycles. The Morgan fingerprint density at radius 2 is 1.88 bits per heavy atom. The highest BCUT2D eigenvalue weighted by atomic mass is 19.1. The van der Waals surface area contributed by atoms with Gasteiger partial charge >= 0.3 is 5.69 Å². The quantitative estimate of drug-likeness (QED) is 0.246. The van der Waals surface area contributed by atoms with Crippen LogP contribution in [-0.4, -0.2) is 35.9 Å². The van der Waals surface area contributed by atoms with E-state index in [1.54, 1.807) is 0 Å². The maximum atomic E-state index is 14.7. The predicted octanol–water partition coefficient (Wildman–Crippen LogP) is 4.07. The van der Waals surface area contributed by atoms with Crippen LogP contribution in [0.25, 0.3) is 28.6 Å². The summed E-state index contributed by atoms with van der Waals surface area (Å²) in [5.41, 5.74) is 0.443. The van der Waals surface area contributed by atoms with Crippen molar-refractivity contribution in [3.05, 3.63) is 82.9 Å². The summed E-state index contributed by atoms with van der Waals surface area (Å²) < 4.78 is 28.2. The highest BCUT2D eigenvalue weighted by Crippen LogP contribution is 2.28. The van der Waals surface area contributed by atoms with Gasteiger partial charge in [-0.25, -0.2) is 24.0 Å². The van der Waals surface area contributed by atoms with E-state index in [1.165, 1.54) is 48.6 Å². The first kappa shape index (κ1) is 20.6. The fourth-order valence-corrected chi connectivity index (χ4v) is 2.92. The van der Waals surface area contributed by atoms with E-state index in [-0.39, 0.29) is 33.9 Å². The molecule has 0 bridgehead atoms. The molecule has 1 amide bonds. The third-order valence-electron chi connectivity index (χ3n) is 4.47. The largest absolute Gasteiger partial charge is 0.426 e. The van der Waals surface area contributed by atoms with Gasteiger partial charge in [0.2, 0.25) is 5.91 Å². The molecule has 3 N–H and O–H groups in total. The number of nitrogens with zero attached hydrogens (tertiary/aromatic N) is 4. The van der Waals surface area contributed by atoms with Crippen LogP contribution < -0.4 is 5.32 Å². The van der Waals surface area contributed by atoms with E-state index in [2.05, 4.69) is 15.3 Å². The van der Waals surface area contributed by atoms with Gasteiger partial charge in [-0.3, -0.25) is 4.79 Å². The average Bonchev–Trinajstić information content (AvgIpc) is 3.09. The number of fused-ring (bicyclic) bond motifs is 1. The van der Waals surface area contributed by atoms with Gasteiger partial charge in [0.1, 0.15) is 23.3 Å². The zero-order chi connectivity index (χ0) is 22.8. The van der Waals surface area contributed by atoms with Crippen molar-refractivity contribution in [2.24, 2.45) is 0 Å². The number of amides is 1. The number of hydrogen-bond acceptors (Lipinski definition) is 5. The molecule has 0 atom stereocenters. The maximum absolute atomic E-state index is 14.7. The van der Waals surface area contributed by atoms with Gasteiger partial charge in [0.05, 0.1) is 16.5 Å². The van der Waals surface area contributed by atoms with Crippen LogP contribution in [0.15, 0.2) is 60.8 Å². The Balaban J connectivity index is 1.55. The summed E-state index contributed by atoms with van der Waals surface area (Å²) in [6.45, 7) is 0. The lowest BCUT2D eigenvalue weighted by molar-refractivity contribution is -0.729. The molecule has 0 radical (unpaired) electrons. The van der Waals surface area contributed by atoms with Crippen LogP contribution in [0.1, 0.15) is 5.56 Å². The molecule has 0 saturated carbocycles. The fourth-order valence-electron chi connectivity index (χ4n) is 2.92. The number of hydrogen-bond donors (Lipinski definition) is 3. The number of carbonyl (C=O) groups is 1. The zero-order valence-electron chi connectivity index (χ0n) is 16.1. The topological polar surface area (TPSA) is 120 Å². The SMILES string of the molecule is O=C(/C=C/c1ccc(F)cc1)Nc1ccc(-c2nc3ncc([N+](=O)O)cc3n2O)c(F)c1. The Bertz CT molecular complexity index is 1380. The summed E-state index contributed by atoms with van der Waals surface area (Å²) in [5.74, 6) is -1.90. The van der Waals surface area contributed by atoms with E-state index in [9.17, 15) is 23.7 Å². The van der Waals surface area contributed by atoms with Crippen LogP contribution in [-0.2, 0) is 4.79 Å². The molecule has 2 heterocycles. The van der Waals surface area contributed by atoms with Crippen LogP contribution in [0.5, 0.6) is 0 Å². The number of aromatic nitrogens is 3. The molecule has 4 aromatic rings. The number of carbonyl (C=O) groups excluding carboxylic acids is 1. The Morgan fingerprint density at radius 3 is 2.56 bits per heavy atom. The molecule has 4 rings (SSSR count). The summed E-state index contributed by atoms with van der Waals surface area (Å²) in [7, 11) is 0. The van der Waals surface area contributed by atoms with Gasteiger partial charge in [-0.05, 0) is 42.0 Å². The summed E-state index contributed by atoms with van der Waals surface area (Å²) in [6, 6.07) is 10.4. The Labute approximate surface area is 178 Å². The lowest BCUT2D eigenvalue weighted by atomic mass is 10.1. The molecule has 9 nitrogen and oxygen atoms in total. The third-order valence-corrected chi connectivity index (χ3v) is 4.47. The van der Waals surface area contributed by atoms with Gasteiger partial charge in [-0.15, -0.1) is 0 Å². The molecule has 0 unspecified atom stereocenters. The van der Waals surface area contributed by atoms with Crippen molar-refractivity contribution in [3.8, 4) is 11.4 Å². The Morgan fingerprint density at radius 1 is 1.12 bits per heavy atom. The molecule has 0 aliphatic rings. The second-order valence-corrected chi connectivity index (χ2v) is 6.63. The molecule has 0 saturated heterocycles. The minimum Gasteiger partial charge on any atom is -0.426 e. The molecular weight excluding hydrogens is 424 g/mol. The van der Waals surface area contributed by atoms with Crippen molar-refractivity contribution in [1.82, 2.24) is 14.7 Å². The number of imidazole rings is 1. The average molecular weight is 438 g/mol. The van der Waals surface area contributed by atoms with Crippen LogP contribution in [0.2, 0.25) is 0 Å². The second-order valence-electron chi connectivity index (χ2n) is 6.63. The monoisotopic (exact) mass is 438 g/mol. The molecule has 0 spiro atoms. The van der Waals surface area contributed by atoms with Gasteiger partial charge in [-0.2, -0.15) is 4.73 Å². The van der Waals surface area contributed by atoms with Crippen molar-refractivity contribution in [2.45, 2.75) is 0 Å². The number of nitrogens with one attached hydrogen (secondary N) is 1. The number of pyridine rings is 1. The van der Waals surface area contributed by atoms with Crippen molar-refractivity contribution in [3.63, 3.8) is 0 Å². The van der Waals surface area contributed by atoms with E-state index >= 15 is 0 Å². The molecule has 2 aromatic carbocycles. The molecule has 0 aliphatic carbocycles. The van der Waals surface area contributed by atoms with E-state index in [0.717, 1.165) is 18.3 Å². The minimum atomic E-state index is -0.788. The van der Waals surface area contributed by atoms with Crippen LogP contribution in [0, 0.1) is 16.5 Å². The van der Waals surface area contributed by atoms with E-state index in [4.69, 9.17) is 5.21 Å². The lowest BCUT2D eigenvalue weighted by Gasteiger charge is -2.06.